The molecule has 1 saturated heterocycles. The number of benzene rings is 1. The number of carbonyl (C=O) groups excluding carboxylic acids is 2. The van der Waals surface area contributed by atoms with Crippen LogP contribution in [0.15, 0.2) is 24.3 Å². The van der Waals surface area contributed by atoms with Crippen LogP contribution in [-0.2, 0) is 15.0 Å². The van der Waals surface area contributed by atoms with Gasteiger partial charge in [-0.3, -0.25) is 9.59 Å². The van der Waals surface area contributed by atoms with Crippen molar-refractivity contribution in [1.29, 1.82) is 0 Å². The van der Waals surface area contributed by atoms with Crippen LogP contribution in [0.1, 0.15) is 37.9 Å². The zero-order valence-electron chi connectivity index (χ0n) is 10.9. The van der Waals surface area contributed by atoms with E-state index < -0.39 is 11.8 Å². The smallest absolute Gasteiger partial charge is 0.309 e. The first kappa shape index (κ1) is 12.6. The number of amides is 2. The molecule has 2 amide bonds. The van der Waals surface area contributed by atoms with Gasteiger partial charge in [0.2, 0.25) is 0 Å². The number of hydrogen-bond donors (Lipinski definition) is 2. The lowest BCUT2D eigenvalue weighted by molar-refractivity contribution is -0.141. The molecule has 18 heavy (non-hydrogen) atoms. The Hall–Kier alpha value is -1.84. The fourth-order valence-corrected chi connectivity index (χ4v) is 1.97. The average Bonchev–Trinajstić information content (AvgIpc) is 2.32. The molecule has 1 unspecified atom stereocenters. The minimum Gasteiger partial charge on any atom is -0.345 e. The van der Waals surface area contributed by atoms with Crippen LogP contribution in [0.3, 0.4) is 0 Å². The molecule has 2 N–H and O–H groups in total. The highest BCUT2D eigenvalue weighted by molar-refractivity contribution is 6.35. The predicted octanol–water partition coefficient (Wildman–Crippen LogP) is 1.27. The third kappa shape index (κ3) is 2.53. The summed E-state index contributed by atoms with van der Waals surface area (Å²) >= 11 is 0. The number of carbonyl (C=O) groups is 2. The normalized spacial score (nSPS) is 20.3. The zero-order chi connectivity index (χ0) is 13.3. The standard InChI is InChI=1S/C14H18N2O2/c1-14(2,3)10-6-4-9(5-7-10)11-8-15-12(17)13(18)16-11/h4-7,11H,8H2,1-3H3,(H,15,17)(H,16,18). The van der Waals surface area contributed by atoms with Crippen molar-refractivity contribution in [3.63, 3.8) is 0 Å². The van der Waals surface area contributed by atoms with Gasteiger partial charge in [0.05, 0.1) is 6.04 Å². The molecule has 4 heteroatoms. The second kappa shape index (κ2) is 4.44. The summed E-state index contributed by atoms with van der Waals surface area (Å²) in [5, 5.41) is 5.26. The summed E-state index contributed by atoms with van der Waals surface area (Å²) in [6, 6.07) is 8.01. The van der Waals surface area contributed by atoms with Crippen LogP contribution in [0.4, 0.5) is 0 Å². The molecule has 0 saturated carbocycles. The predicted molar refractivity (Wildman–Crippen MR) is 69.0 cm³/mol. The van der Waals surface area contributed by atoms with E-state index in [1.807, 2.05) is 12.1 Å². The van der Waals surface area contributed by atoms with Crippen LogP contribution in [0, 0.1) is 0 Å². The van der Waals surface area contributed by atoms with Gasteiger partial charge in [-0.2, -0.15) is 0 Å². The minimum absolute atomic E-state index is 0.114. The average molecular weight is 246 g/mol. The number of piperazine rings is 1. The molecule has 2 rings (SSSR count). The molecular formula is C14H18N2O2. The molecular weight excluding hydrogens is 228 g/mol. The highest BCUT2D eigenvalue weighted by Gasteiger charge is 2.26. The van der Waals surface area contributed by atoms with Crippen LogP contribution >= 0.6 is 0 Å². The summed E-state index contributed by atoms with van der Waals surface area (Å²) in [6.45, 7) is 6.92. The first-order chi connectivity index (χ1) is 8.38. The van der Waals surface area contributed by atoms with E-state index in [-0.39, 0.29) is 11.5 Å². The Bertz CT molecular complexity index is 472. The van der Waals surface area contributed by atoms with E-state index in [1.54, 1.807) is 0 Å². The zero-order valence-corrected chi connectivity index (χ0v) is 10.9. The highest BCUT2D eigenvalue weighted by Crippen LogP contribution is 2.24. The van der Waals surface area contributed by atoms with E-state index in [1.165, 1.54) is 5.56 Å². The summed E-state index contributed by atoms with van der Waals surface area (Å²) in [4.78, 5) is 22.3. The van der Waals surface area contributed by atoms with Gasteiger partial charge in [-0.05, 0) is 16.5 Å². The van der Waals surface area contributed by atoms with E-state index in [9.17, 15) is 9.59 Å². The summed E-state index contributed by atoms with van der Waals surface area (Å²) in [6.07, 6.45) is 0. The van der Waals surface area contributed by atoms with Gasteiger partial charge >= 0.3 is 11.8 Å². The largest absolute Gasteiger partial charge is 0.345 e. The molecule has 1 aromatic rings. The summed E-state index contributed by atoms with van der Waals surface area (Å²) in [5.41, 5.74) is 2.37. The van der Waals surface area contributed by atoms with E-state index in [4.69, 9.17) is 0 Å². The summed E-state index contributed by atoms with van der Waals surface area (Å²) < 4.78 is 0. The van der Waals surface area contributed by atoms with Gasteiger partial charge in [0.15, 0.2) is 0 Å². The fraction of sp³-hybridized carbons (Fsp3) is 0.429. The fourth-order valence-electron chi connectivity index (χ4n) is 1.97. The maximum Gasteiger partial charge on any atom is 0.309 e. The monoisotopic (exact) mass is 246 g/mol. The number of hydrogen-bond acceptors (Lipinski definition) is 2. The molecule has 1 fully saturated rings. The molecule has 1 aromatic carbocycles. The summed E-state index contributed by atoms with van der Waals surface area (Å²) in [5.74, 6) is -1.12. The van der Waals surface area contributed by atoms with Gasteiger partial charge < -0.3 is 10.6 Å². The van der Waals surface area contributed by atoms with Crippen molar-refractivity contribution in [3.05, 3.63) is 35.4 Å². The minimum atomic E-state index is -0.564. The SMILES string of the molecule is CC(C)(C)c1ccc(C2CNC(=O)C(=O)N2)cc1. The van der Waals surface area contributed by atoms with Crippen LogP contribution in [0.5, 0.6) is 0 Å². The van der Waals surface area contributed by atoms with Gasteiger partial charge in [0, 0.05) is 6.54 Å². The van der Waals surface area contributed by atoms with Crippen LogP contribution in [-0.4, -0.2) is 18.4 Å². The molecule has 4 nitrogen and oxygen atoms in total. The van der Waals surface area contributed by atoms with E-state index in [2.05, 4.69) is 43.5 Å². The molecule has 96 valence electrons. The van der Waals surface area contributed by atoms with Crippen LogP contribution in [0.25, 0.3) is 0 Å². The van der Waals surface area contributed by atoms with Crippen molar-refractivity contribution < 1.29 is 9.59 Å². The molecule has 1 atom stereocenters. The molecule has 1 aliphatic heterocycles. The van der Waals surface area contributed by atoms with Crippen LogP contribution < -0.4 is 10.6 Å². The third-order valence-electron chi connectivity index (χ3n) is 3.16. The quantitative estimate of drug-likeness (QED) is 0.733. The van der Waals surface area contributed by atoms with E-state index in [0.29, 0.717) is 6.54 Å². The second-order valence-corrected chi connectivity index (χ2v) is 5.61. The van der Waals surface area contributed by atoms with Gasteiger partial charge in [-0.1, -0.05) is 45.0 Å². The summed E-state index contributed by atoms with van der Waals surface area (Å²) in [7, 11) is 0. The molecule has 0 spiro atoms. The Balaban J connectivity index is 2.15. The third-order valence-corrected chi connectivity index (χ3v) is 3.16. The van der Waals surface area contributed by atoms with Gasteiger partial charge in [0.25, 0.3) is 0 Å². The molecule has 0 radical (unpaired) electrons. The van der Waals surface area contributed by atoms with E-state index >= 15 is 0 Å². The molecule has 1 aliphatic rings. The maximum atomic E-state index is 11.3. The molecule has 1 heterocycles. The lowest BCUT2D eigenvalue weighted by atomic mass is 9.86. The van der Waals surface area contributed by atoms with E-state index in [0.717, 1.165) is 5.56 Å². The number of nitrogens with one attached hydrogen (secondary N) is 2. The first-order valence-electron chi connectivity index (χ1n) is 6.07. The molecule has 0 aromatic heterocycles. The number of rotatable bonds is 1. The Morgan fingerprint density at radius 2 is 1.67 bits per heavy atom. The van der Waals surface area contributed by atoms with Gasteiger partial charge in [-0.15, -0.1) is 0 Å². The Kier molecular flexibility index (Phi) is 3.11. The second-order valence-electron chi connectivity index (χ2n) is 5.61. The lowest BCUT2D eigenvalue weighted by Gasteiger charge is -2.25. The van der Waals surface area contributed by atoms with Crippen molar-refractivity contribution in [2.75, 3.05) is 6.54 Å². The highest BCUT2D eigenvalue weighted by atomic mass is 16.2. The van der Waals surface area contributed by atoms with Crippen molar-refractivity contribution in [1.82, 2.24) is 10.6 Å². The Labute approximate surface area is 107 Å². The van der Waals surface area contributed by atoms with Gasteiger partial charge in [-0.25, -0.2) is 0 Å². The van der Waals surface area contributed by atoms with Gasteiger partial charge in [0.1, 0.15) is 0 Å². The van der Waals surface area contributed by atoms with Crippen molar-refractivity contribution in [3.8, 4) is 0 Å². The van der Waals surface area contributed by atoms with Crippen molar-refractivity contribution in [2.45, 2.75) is 32.2 Å². The molecule has 0 bridgehead atoms. The maximum absolute atomic E-state index is 11.3. The Morgan fingerprint density at radius 3 is 2.17 bits per heavy atom. The molecule has 0 aliphatic carbocycles. The lowest BCUT2D eigenvalue weighted by Crippen LogP contribution is -2.51. The topological polar surface area (TPSA) is 58.2 Å². The van der Waals surface area contributed by atoms with Crippen molar-refractivity contribution >= 4 is 11.8 Å². The Morgan fingerprint density at radius 1 is 1.06 bits per heavy atom. The first-order valence-corrected chi connectivity index (χ1v) is 6.07. The van der Waals surface area contributed by atoms with Crippen molar-refractivity contribution in [2.24, 2.45) is 0 Å². The van der Waals surface area contributed by atoms with Crippen LogP contribution in [0.2, 0.25) is 0 Å².